The van der Waals surface area contributed by atoms with Crippen molar-refractivity contribution in [1.29, 1.82) is 0 Å². The van der Waals surface area contributed by atoms with E-state index in [1.165, 1.54) is 0 Å². The molecule has 1 atom stereocenters. The molecule has 0 fully saturated rings. The van der Waals surface area contributed by atoms with E-state index in [1.54, 1.807) is 25.5 Å². The molecule has 1 aromatic carbocycles. The highest BCUT2D eigenvalue weighted by Crippen LogP contribution is 2.25. The van der Waals surface area contributed by atoms with Gasteiger partial charge in [-0.25, -0.2) is 0 Å². The van der Waals surface area contributed by atoms with Gasteiger partial charge in [-0.3, -0.25) is 4.21 Å². The summed E-state index contributed by atoms with van der Waals surface area (Å²) in [7, 11) is 0.563. The summed E-state index contributed by atoms with van der Waals surface area (Å²) in [5, 5.41) is 0. The molecule has 66 valence electrons. The Hall–Kier alpha value is -0.350. The van der Waals surface area contributed by atoms with Crippen molar-refractivity contribution in [2.75, 3.05) is 13.4 Å². The number of halogens is 1. The molecule has 0 amide bonds. The zero-order valence-corrected chi connectivity index (χ0v) is 9.24. The molecule has 0 aliphatic carbocycles. The molecule has 0 aliphatic heterocycles. The van der Waals surface area contributed by atoms with Gasteiger partial charge in [-0.15, -0.1) is 0 Å². The van der Waals surface area contributed by atoms with E-state index in [0.717, 1.165) is 4.47 Å². The van der Waals surface area contributed by atoms with E-state index in [-0.39, 0.29) is 0 Å². The van der Waals surface area contributed by atoms with Crippen molar-refractivity contribution in [1.82, 2.24) is 0 Å². The first-order valence-corrected chi connectivity index (χ1v) is 5.67. The van der Waals surface area contributed by atoms with Crippen LogP contribution in [-0.2, 0) is 10.8 Å². The molecule has 0 spiro atoms. The number of hydrogen-bond donors (Lipinski definition) is 0. The average molecular weight is 249 g/mol. The molecule has 0 N–H and O–H groups in total. The molecule has 2 nitrogen and oxygen atoms in total. The van der Waals surface area contributed by atoms with E-state index in [4.69, 9.17) is 4.74 Å². The van der Waals surface area contributed by atoms with E-state index in [0.29, 0.717) is 10.6 Å². The van der Waals surface area contributed by atoms with Crippen molar-refractivity contribution in [2.45, 2.75) is 4.90 Å². The second-order valence-electron chi connectivity index (χ2n) is 2.25. The highest BCUT2D eigenvalue weighted by molar-refractivity contribution is 9.10. The summed E-state index contributed by atoms with van der Waals surface area (Å²) < 4.78 is 17.1. The van der Waals surface area contributed by atoms with Gasteiger partial charge in [0.2, 0.25) is 0 Å². The second kappa shape index (κ2) is 4.05. The van der Waals surface area contributed by atoms with E-state index in [2.05, 4.69) is 15.9 Å². The normalized spacial score (nSPS) is 12.6. The van der Waals surface area contributed by atoms with Crippen LogP contribution in [-0.4, -0.2) is 17.6 Å². The zero-order chi connectivity index (χ0) is 9.14. The summed E-state index contributed by atoms with van der Waals surface area (Å²) in [5.41, 5.74) is 0. The summed E-state index contributed by atoms with van der Waals surface area (Å²) in [6, 6.07) is 5.45. The highest BCUT2D eigenvalue weighted by atomic mass is 79.9. The molecule has 0 saturated carbocycles. The third-order valence-corrected chi connectivity index (χ3v) is 2.87. The lowest BCUT2D eigenvalue weighted by molar-refractivity contribution is 0.404. The Kier molecular flexibility index (Phi) is 3.29. The van der Waals surface area contributed by atoms with Crippen molar-refractivity contribution < 1.29 is 8.95 Å². The fraction of sp³-hybridized carbons (Fsp3) is 0.250. The van der Waals surface area contributed by atoms with E-state index >= 15 is 0 Å². The molecular formula is C8H9BrO2S. The SMILES string of the molecule is COc1ccc(Br)cc1[S@@](C)=O. The van der Waals surface area contributed by atoms with Crippen LogP contribution in [0.25, 0.3) is 0 Å². The third-order valence-electron chi connectivity index (χ3n) is 1.44. The van der Waals surface area contributed by atoms with E-state index in [1.807, 2.05) is 6.07 Å². The van der Waals surface area contributed by atoms with Crippen molar-refractivity contribution in [3.63, 3.8) is 0 Å². The summed E-state index contributed by atoms with van der Waals surface area (Å²) >= 11 is 3.30. The average Bonchev–Trinajstić information content (AvgIpc) is 2.04. The Bertz CT molecular complexity index is 312. The minimum absolute atomic E-state index is 0.666. The van der Waals surface area contributed by atoms with Gasteiger partial charge in [0, 0.05) is 10.7 Å². The highest BCUT2D eigenvalue weighted by Gasteiger charge is 2.06. The molecule has 0 heterocycles. The monoisotopic (exact) mass is 248 g/mol. The summed E-state index contributed by atoms with van der Waals surface area (Å²) in [6.07, 6.45) is 1.63. The fourth-order valence-electron chi connectivity index (χ4n) is 0.875. The number of hydrogen-bond acceptors (Lipinski definition) is 2. The number of methoxy groups -OCH3 is 1. The van der Waals surface area contributed by atoms with Gasteiger partial charge in [0.05, 0.1) is 22.8 Å². The van der Waals surface area contributed by atoms with E-state index < -0.39 is 10.8 Å². The second-order valence-corrected chi connectivity index (χ2v) is 4.51. The first kappa shape index (κ1) is 9.74. The smallest absolute Gasteiger partial charge is 0.135 e. The number of ether oxygens (including phenoxy) is 1. The van der Waals surface area contributed by atoms with Crippen LogP contribution in [0.3, 0.4) is 0 Å². The predicted molar refractivity (Wildman–Crippen MR) is 53.0 cm³/mol. The molecule has 12 heavy (non-hydrogen) atoms. The molecule has 0 radical (unpaired) electrons. The van der Waals surface area contributed by atoms with Crippen LogP contribution in [0.1, 0.15) is 0 Å². The molecule has 1 aromatic rings. The summed E-state index contributed by atoms with van der Waals surface area (Å²) in [4.78, 5) is 0.715. The topological polar surface area (TPSA) is 26.3 Å². The standard InChI is InChI=1S/C8H9BrO2S/c1-11-7-4-3-6(9)5-8(7)12(2)10/h3-5H,1-2H3/t12-/m1/s1. The van der Waals surface area contributed by atoms with Crippen LogP contribution in [0.15, 0.2) is 27.6 Å². The first-order valence-electron chi connectivity index (χ1n) is 3.32. The van der Waals surface area contributed by atoms with Crippen LogP contribution in [0, 0.1) is 0 Å². The van der Waals surface area contributed by atoms with E-state index in [9.17, 15) is 4.21 Å². The maximum Gasteiger partial charge on any atom is 0.135 e. The van der Waals surface area contributed by atoms with Crippen molar-refractivity contribution in [3.05, 3.63) is 22.7 Å². The van der Waals surface area contributed by atoms with Crippen LogP contribution in [0.5, 0.6) is 5.75 Å². The molecule has 0 saturated heterocycles. The zero-order valence-electron chi connectivity index (χ0n) is 6.83. The van der Waals surface area contributed by atoms with Gasteiger partial charge in [-0.1, -0.05) is 15.9 Å². The van der Waals surface area contributed by atoms with Gasteiger partial charge in [0.25, 0.3) is 0 Å². The number of rotatable bonds is 2. The molecule has 0 aliphatic rings. The van der Waals surface area contributed by atoms with Crippen molar-refractivity contribution in [2.24, 2.45) is 0 Å². The quantitative estimate of drug-likeness (QED) is 0.803. The molecule has 1 rings (SSSR count). The Morgan fingerprint density at radius 3 is 2.67 bits per heavy atom. The van der Waals surface area contributed by atoms with Crippen LogP contribution >= 0.6 is 15.9 Å². The van der Waals surface area contributed by atoms with Crippen LogP contribution in [0.2, 0.25) is 0 Å². The third kappa shape index (κ3) is 2.08. The van der Waals surface area contributed by atoms with Gasteiger partial charge in [0.1, 0.15) is 5.75 Å². The molecule has 0 aromatic heterocycles. The molecule has 0 bridgehead atoms. The van der Waals surface area contributed by atoms with Crippen LogP contribution < -0.4 is 4.74 Å². The first-order chi connectivity index (χ1) is 5.65. The summed E-state index contributed by atoms with van der Waals surface area (Å²) in [5.74, 6) is 0.666. The minimum Gasteiger partial charge on any atom is -0.495 e. The van der Waals surface area contributed by atoms with Gasteiger partial charge in [-0.2, -0.15) is 0 Å². The Balaban J connectivity index is 3.21. The lowest BCUT2D eigenvalue weighted by atomic mass is 10.3. The largest absolute Gasteiger partial charge is 0.495 e. The van der Waals surface area contributed by atoms with Crippen molar-refractivity contribution >= 4 is 26.7 Å². The molecule has 0 unspecified atom stereocenters. The van der Waals surface area contributed by atoms with Crippen molar-refractivity contribution in [3.8, 4) is 5.75 Å². The maximum absolute atomic E-state index is 11.2. The minimum atomic E-state index is -1.01. The van der Waals surface area contributed by atoms with Gasteiger partial charge in [0.15, 0.2) is 0 Å². The Morgan fingerprint density at radius 1 is 1.50 bits per heavy atom. The Labute approximate surface area is 82.5 Å². The summed E-state index contributed by atoms with van der Waals surface area (Å²) in [6.45, 7) is 0. The number of benzene rings is 1. The predicted octanol–water partition coefficient (Wildman–Crippen LogP) is 2.20. The van der Waals surface area contributed by atoms with Crippen LogP contribution in [0.4, 0.5) is 0 Å². The molecule has 4 heteroatoms. The lowest BCUT2D eigenvalue weighted by Crippen LogP contribution is -1.93. The Morgan fingerprint density at radius 2 is 2.17 bits per heavy atom. The van der Waals surface area contributed by atoms with Gasteiger partial charge < -0.3 is 4.74 Å². The van der Waals surface area contributed by atoms with Gasteiger partial charge in [-0.05, 0) is 18.2 Å². The lowest BCUT2D eigenvalue weighted by Gasteiger charge is -2.05. The maximum atomic E-state index is 11.2. The molecular weight excluding hydrogens is 240 g/mol. The van der Waals surface area contributed by atoms with Gasteiger partial charge >= 0.3 is 0 Å². The fourth-order valence-corrected chi connectivity index (χ4v) is 2.12.